The van der Waals surface area contributed by atoms with Gasteiger partial charge in [-0.05, 0) is 18.1 Å². The second-order valence-electron chi connectivity index (χ2n) is 3.86. The number of hydrogen-bond donors (Lipinski definition) is 0. The normalized spacial score (nSPS) is 14.1. The second-order valence-corrected chi connectivity index (χ2v) is 3.86. The molecule has 1 aliphatic rings. The highest BCUT2D eigenvalue weighted by atomic mass is 16.6. The summed E-state index contributed by atoms with van der Waals surface area (Å²) in [6.45, 7) is 5.48. The van der Waals surface area contributed by atoms with Gasteiger partial charge in [0.25, 0.3) is 0 Å². The summed E-state index contributed by atoms with van der Waals surface area (Å²) in [6.07, 6.45) is 0. The fourth-order valence-corrected chi connectivity index (χ4v) is 1.84. The predicted octanol–water partition coefficient (Wildman–Crippen LogP) is 2.59. The van der Waals surface area contributed by atoms with Gasteiger partial charge in [-0.2, -0.15) is 0 Å². The van der Waals surface area contributed by atoms with Crippen LogP contribution in [0.4, 0.5) is 0 Å². The van der Waals surface area contributed by atoms with E-state index in [1.54, 1.807) is 7.11 Å². The first-order chi connectivity index (χ1) is 7.24. The lowest BCUT2D eigenvalue weighted by Gasteiger charge is -2.24. The Morgan fingerprint density at radius 3 is 2.60 bits per heavy atom. The molecule has 1 heterocycles. The molecule has 0 radical (unpaired) electrons. The van der Waals surface area contributed by atoms with Crippen molar-refractivity contribution >= 4 is 0 Å². The first-order valence-electron chi connectivity index (χ1n) is 5.20. The Hall–Kier alpha value is -1.38. The van der Waals surface area contributed by atoms with E-state index in [-0.39, 0.29) is 0 Å². The van der Waals surface area contributed by atoms with Crippen LogP contribution in [0, 0.1) is 0 Å². The predicted molar refractivity (Wildman–Crippen MR) is 58.1 cm³/mol. The third-order valence-electron chi connectivity index (χ3n) is 2.50. The van der Waals surface area contributed by atoms with Gasteiger partial charge in [-0.25, -0.2) is 0 Å². The van der Waals surface area contributed by atoms with Gasteiger partial charge in [0.05, 0.1) is 7.11 Å². The molecule has 0 fully saturated rings. The average Bonchev–Trinajstić information content (AvgIpc) is 2.27. The first kappa shape index (κ1) is 10.1. The highest BCUT2D eigenvalue weighted by Crippen LogP contribution is 2.43. The lowest BCUT2D eigenvalue weighted by atomic mass is 10.00. The van der Waals surface area contributed by atoms with E-state index in [1.807, 2.05) is 12.1 Å². The van der Waals surface area contributed by atoms with Gasteiger partial charge in [0.1, 0.15) is 19.0 Å². The van der Waals surface area contributed by atoms with Crippen LogP contribution in [0.1, 0.15) is 25.3 Å². The maximum atomic E-state index is 5.65. The van der Waals surface area contributed by atoms with Gasteiger partial charge in [-0.3, -0.25) is 0 Å². The summed E-state index contributed by atoms with van der Waals surface area (Å²) in [5.74, 6) is 2.90. The quantitative estimate of drug-likeness (QED) is 0.747. The van der Waals surface area contributed by atoms with Crippen molar-refractivity contribution in [3.63, 3.8) is 0 Å². The Bertz CT molecular complexity index is 358. The fraction of sp³-hybridized carbons (Fsp3) is 0.500. The van der Waals surface area contributed by atoms with Crippen molar-refractivity contribution in [2.24, 2.45) is 0 Å². The van der Waals surface area contributed by atoms with E-state index in [2.05, 4.69) is 13.8 Å². The largest absolute Gasteiger partial charge is 0.496 e. The molecule has 0 atom stereocenters. The van der Waals surface area contributed by atoms with Crippen molar-refractivity contribution in [3.05, 3.63) is 17.7 Å². The summed E-state index contributed by atoms with van der Waals surface area (Å²) in [6, 6.07) is 3.84. The van der Waals surface area contributed by atoms with Gasteiger partial charge < -0.3 is 14.2 Å². The Morgan fingerprint density at radius 2 is 1.93 bits per heavy atom. The summed E-state index contributed by atoms with van der Waals surface area (Å²) in [7, 11) is 1.68. The Labute approximate surface area is 90.0 Å². The fourth-order valence-electron chi connectivity index (χ4n) is 1.84. The maximum Gasteiger partial charge on any atom is 0.168 e. The van der Waals surface area contributed by atoms with Crippen molar-refractivity contribution in [2.45, 2.75) is 19.8 Å². The molecule has 3 heteroatoms. The van der Waals surface area contributed by atoms with Crippen LogP contribution < -0.4 is 14.2 Å². The number of hydrogen-bond acceptors (Lipinski definition) is 3. The van der Waals surface area contributed by atoms with Crippen LogP contribution in [0.2, 0.25) is 0 Å². The molecule has 1 aromatic carbocycles. The molecular formula is C12H16O3. The number of benzene rings is 1. The van der Waals surface area contributed by atoms with Crippen molar-refractivity contribution < 1.29 is 14.2 Å². The zero-order valence-electron chi connectivity index (χ0n) is 9.37. The molecule has 0 N–H and O–H groups in total. The summed E-state index contributed by atoms with van der Waals surface area (Å²) in [4.78, 5) is 0. The van der Waals surface area contributed by atoms with Gasteiger partial charge >= 0.3 is 0 Å². The molecule has 0 saturated heterocycles. The van der Waals surface area contributed by atoms with Crippen LogP contribution in [0.3, 0.4) is 0 Å². The number of methoxy groups -OCH3 is 1. The molecule has 1 aliphatic heterocycles. The van der Waals surface area contributed by atoms with E-state index in [0.717, 1.165) is 22.8 Å². The highest BCUT2D eigenvalue weighted by molar-refractivity contribution is 5.55. The van der Waals surface area contributed by atoms with Crippen LogP contribution in [0.15, 0.2) is 12.1 Å². The van der Waals surface area contributed by atoms with E-state index in [9.17, 15) is 0 Å². The topological polar surface area (TPSA) is 27.7 Å². The zero-order chi connectivity index (χ0) is 10.8. The SMILES string of the molecule is COc1ccc2c(c1C(C)C)OCCO2. The molecule has 2 rings (SSSR count). The minimum atomic E-state index is 0.358. The molecule has 0 aromatic heterocycles. The third kappa shape index (κ3) is 1.74. The summed E-state index contributed by atoms with van der Waals surface area (Å²) >= 11 is 0. The summed E-state index contributed by atoms with van der Waals surface area (Å²) in [5, 5.41) is 0. The van der Waals surface area contributed by atoms with E-state index in [4.69, 9.17) is 14.2 Å². The van der Waals surface area contributed by atoms with Gasteiger partial charge in [0.15, 0.2) is 11.5 Å². The molecule has 0 unspecified atom stereocenters. The molecule has 0 amide bonds. The monoisotopic (exact) mass is 208 g/mol. The second kappa shape index (κ2) is 4.01. The average molecular weight is 208 g/mol. The Morgan fingerprint density at radius 1 is 1.20 bits per heavy atom. The molecular weight excluding hydrogens is 192 g/mol. The minimum Gasteiger partial charge on any atom is -0.496 e. The van der Waals surface area contributed by atoms with Crippen molar-refractivity contribution in [2.75, 3.05) is 20.3 Å². The van der Waals surface area contributed by atoms with E-state index in [1.165, 1.54) is 0 Å². The lowest BCUT2D eigenvalue weighted by molar-refractivity contribution is 0.168. The van der Waals surface area contributed by atoms with Crippen molar-refractivity contribution in [3.8, 4) is 17.2 Å². The van der Waals surface area contributed by atoms with Crippen LogP contribution in [0.25, 0.3) is 0 Å². The van der Waals surface area contributed by atoms with Crippen molar-refractivity contribution in [1.82, 2.24) is 0 Å². The smallest absolute Gasteiger partial charge is 0.168 e. The van der Waals surface area contributed by atoms with Crippen molar-refractivity contribution in [1.29, 1.82) is 0 Å². The molecule has 3 nitrogen and oxygen atoms in total. The Balaban J connectivity index is 2.54. The summed E-state index contributed by atoms with van der Waals surface area (Å²) < 4.78 is 16.5. The molecule has 1 aromatic rings. The van der Waals surface area contributed by atoms with Crippen LogP contribution >= 0.6 is 0 Å². The third-order valence-corrected chi connectivity index (χ3v) is 2.50. The highest BCUT2D eigenvalue weighted by Gasteiger charge is 2.21. The Kier molecular flexibility index (Phi) is 2.71. The maximum absolute atomic E-state index is 5.65. The number of ether oxygens (including phenoxy) is 3. The van der Waals surface area contributed by atoms with Gasteiger partial charge in [-0.1, -0.05) is 13.8 Å². The molecule has 0 saturated carbocycles. The molecule has 0 aliphatic carbocycles. The molecule has 0 bridgehead atoms. The van der Waals surface area contributed by atoms with Crippen LogP contribution in [0.5, 0.6) is 17.2 Å². The molecule has 0 spiro atoms. The van der Waals surface area contributed by atoms with Gasteiger partial charge in [-0.15, -0.1) is 0 Å². The standard InChI is InChI=1S/C12H16O3/c1-8(2)11-9(13-3)4-5-10-12(11)15-7-6-14-10/h4-5,8H,6-7H2,1-3H3. The van der Waals surface area contributed by atoms with Crippen LogP contribution in [-0.2, 0) is 0 Å². The van der Waals surface area contributed by atoms with Gasteiger partial charge in [0.2, 0.25) is 0 Å². The zero-order valence-corrected chi connectivity index (χ0v) is 9.37. The van der Waals surface area contributed by atoms with E-state index < -0.39 is 0 Å². The molecule has 15 heavy (non-hydrogen) atoms. The van der Waals surface area contributed by atoms with Crippen LogP contribution in [-0.4, -0.2) is 20.3 Å². The number of rotatable bonds is 2. The molecule has 82 valence electrons. The lowest BCUT2D eigenvalue weighted by Crippen LogP contribution is -2.17. The minimum absolute atomic E-state index is 0.358. The number of fused-ring (bicyclic) bond motifs is 1. The van der Waals surface area contributed by atoms with Gasteiger partial charge in [0, 0.05) is 5.56 Å². The first-order valence-corrected chi connectivity index (χ1v) is 5.20. The van der Waals surface area contributed by atoms with E-state index >= 15 is 0 Å². The summed E-state index contributed by atoms with van der Waals surface area (Å²) in [5.41, 5.74) is 1.09. The van der Waals surface area contributed by atoms with E-state index in [0.29, 0.717) is 19.1 Å².